The Balaban J connectivity index is 1.04. The summed E-state index contributed by atoms with van der Waals surface area (Å²) in [6.07, 6.45) is 3.13. The van der Waals surface area contributed by atoms with Gasteiger partial charge in [0.25, 0.3) is 5.91 Å². The molecule has 4 aliphatic heterocycles. The number of piperidine rings is 2. The van der Waals surface area contributed by atoms with Crippen LogP contribution in [-0.4, -0.2) is 122 Å². The number of carboxylic acids is 1. The fraction of sp³-hybridized carbons (Fsp3) is 0.455. The van der Waals surface area contributed by atoms with Gasteiger partial charge in [-0.05, 0) is 61.9 Å². The average Bonchev–Trinajstić information content (AvgIpc) is 3.84. The van der Waals surface area contributed by atoms with Crippen LogP contribution in [0.2, 0.25) is 0 Å². The minimum Gasteiger partial charge on any atom is -0.480 e. The summed E-state index contributed by atoms with van der Waals surface area (Å²) in [5, 5.41) is 24.3. The molecule has 7 rings (SSSR count). The first-order valence-electron chi connectivity index (χ1n) is 16.7. The molecule has 4 heterocycles. The third kappa shape index (κ3) is 7.20. The smallest absolute Gasteiger partial charge is 0.322 e. The normalized spacial score (nSPS) is 23.7. The molecule has 2 bridgehead atoms. The van der Waals surface area contributed by atoms with Crippen molar-refractivity contribution in [1.29, 1.82) is 0 Å². The monoisotopic (exact) mass is 707 g/mol. The van der Waals surface area contributed by atoms with E-state index in [1.165, 1.54) is 16.4 Å². The maximum absolute atomic E-state index is 13.8. The Labute approximate surface area is 289 Å². The third-order valence-corrected chi connectivity index (χ3v) is 11.7. The van der Waals surface area contributed by atoms with Crippen LogP contribution < -0.4 is 26.6 Å². The SMILES string of the molecule is O=CC1(CN[C@H](CNC(=O)CNC(=O)c2cccc(NC3=NCCN3C3=NCCN3)c2)C(=O)O)C2CCC(CC2)N1S(=O)(=O)c1ccccc1. The van der Waals surface area contributed by atoms with Gasteiger partial charge in [-0.1, -0.05) is 24.3 Å². The molecule has 5 aliphatic rings. The number of carboxylic acid groups (broad SMARTS) is 1. The summed E-state index contributed by atoms with van der Waals surface area (Å²) in [5.41, 5.74) is -0.573. The van der Waals surface area contributed by atoms with E-state index in [4.69, 9.17) is 0 Å². The number of fused-ring (bicyclic) bond motifs is 3. The first-order chi connectivity index (χ1) is 24.1. The molecule has 2 aromatic carbocycles. The molecule has 50 heavy (non-hydrogen) atoms. The van der Waals surface area contributed by atoms with E-state index in [2.05, 4.69) is 36.6 Å². The van der Waals surface area contributed by atoms with Crippen molar-refractivity contribution in [3.05, 3.63) is 60.2 Å². The summed E-state index contributed by atoms with van der Waals surface area (Å²) in [4.78, 5) is 61.5. The molecule has 1 unspecified atom stereocenters. The van der Waals surface area contributed by atoms with Crippen LogP contribution in [0.4, 0.5) is 5.69 Å². The maximum Gasteiger partial charge on any atom is 0.322 e. The van der Waals surface area contributed by atoms with Gasteiger partial charge in [0, 0.05) is 43.5 Å². The number of hydrogen-bond acceptors (Lipinski definition) is 12. The number of carbonyl (C=O) groups is 4. The lowest BCUT2D eigenvalue weighted by atomic mass is 9.68. The molecule has 17 heteroatoms. The summed E-state index contributed by atoms with van der Waals surface area (Å²) in [6.45, 7) is 1.71. The Bertz CT molecular complexity index is 1780. The number of nitrogens with one attached hydrogen (secondary N) is 5. The summed E-state index contributed by atoms with van der Waals surface area (Å²) in [5.74, 6) is -1.37. The molecule has 3 fully saturated rings. The Hall–Kier alpha value is -4.87. The quantitative estimate of drug-likeness (QED) is 0.150. The first kappa shape index (κ1) is 35.0. The van der Waals surface area contributed by atoms with Crippen molar-refractivity contribution in [1.82, 2.24) is 30.5 Å². The number of carbonyl (C=O) groups excluding carboxylic acids is 3. The molecule has 6 N–H and O–H groups in total. The van der Waals surface area contributed by atoms with Crippen LogP contribution in [-0.2, 0) is 24.4 Å². The van der Waals surface area contributed by atoms with Crippen molar-refractivity contribution in [2.45, 2.75) is 48.2 Å². The third-order valence-electron chi connectivity index (χ3n) is 9.63. The standard InChI is InChI=1S/C33H41N9O7S/c43-21-33(23-9-11-25(12-10-23)42(33)50(48,49)26-7-2-1-3-8-26)20-39-27(30(46)47)18-37-28(44)19-38-29(45)22-5-4-6-24(17-22)40-32-36-15-16-41(32)31-34-13-14-35-31/h1-8,17,21,23,25,27,39H,9-16,18-20H2,(H,34,35)(H,36,40)(H,37,44)(H,38,45)(H,46,47)/t23?,25?,27-,33?/m1/s1. The van der Waals surface area contributed by atoms with Gasteiger partial charge in [-0.15, -0.1) is 0 Å². The molecule has 1 saturated carbocycles. The minimum absolute atomic E-state index is 0.0630. The Morgan fingerprint density at radius 2 is 1.80 bits per heavy atom. The van der Waals surface area contributed by atoms with Crippen LogP contribution in [0.15, 0.2) is 69.5 Å². The number of sulfonamides is 1. The van der Waals surface area contributed by atoms with Gasteiger partial charge in [-0.25, -0.2) is 8.42 Å². The van der Waals surface area contributed by atoms with E-state index in [9.17, 15) is 32.7 Å². The van der Waals surface area contributed by atoms with Crippen molar-refractivity contribution in [2.75, 3.05) is 51.1 Å². The van der Waals surface area contributed by atoms with E-state index in [1.54, 1.807) is 42.5 Å². The van der Waals surface area contributed by atoms with Gasteiger partial charge in [0.1, 0.15) is 17.9 Å². The largest absolute Gasteiger partial charge is 0.480 e. The lowest BCUT2D eigenvalue weighted by Crippen LogP contribution is -2.71. The molecular weight excluding hydrogens is 666 g/mol. The van der Waals surface area contributed by atoms with Gasteiger partial charge < -0.3 is 36.5 Å². The fourth-order valence-corrected chi connectivity index (χ4v) is 9.17. The molecule has 0 aromatic heterocycles. The van der Waals surface area contributed by atoms with Crippen LogP contribution in [0.1, 0.15) is 36.0 Å². The zero-order valence-electron chi connectivity index (χ0n) is 27.4. The maximum atomic E-state index is 13.8. The van der Waals surface area contributed by atoms with E-state index in [-0.39, 0.29) is 23.9 Å². The number of anilines is 1. The van der Waals surface area contributed by atoms with E-state index < -0.39 is 52.0 Å². The lowest BCUT2D eigenvalue weighted by molar-refractivity contribution is -0.140. The molecule has 266 valence electrons. The van der Waals surface area contributed by atoms with E-state index in [0.29, 0.717) is 68.8 Å². The van der Waals surface area contributed by atoms with E-state index in [0.717, 1.165) is 12.5 Å². The summed E-state index contributed by atoms with van der Waals surface area (Å²) in [7, 11) is -4.07. The van der Waals surface area contributed by atoms with Crippen LogP contribution in [0.3, 0.4) is 0 Å². The molecule has 0 spiro atoms. The molecular formula is C33H41N9O7S. The van der Waals surface area contributed by atoms with Gasteiger partial charge in [0.05, 0.1) is 24.5 Å². The highest BCUT2D eigenvalue weighted by molar-refractivity contribution is 7.89. The van der Waals surface area contributed by atoms with Gasteiger partial charge in [0.2, 0.25) is 27.8 Å². The van der Waals surface area contributed by atoms with Crippen LogP contribution in [0, 0.1) is 5.92 Å². The molecule has 2 atom stereocenters. The zero-order chi connectivity index (χ0) is 35.3. The number of aliphatic imine (C=N–C) groups is 2. The van der Waals surface area contributed by atoms with Crippen molar-refractivity contribution < 1.29 is 32.7 Å². The topological polar surface area (TPSA) is 214 Å². The van der Waals surface area contributed by atoms with Crippen molar-refractivity contribution >= 4 is 51.7 Å². The predicted molar refractivity (Wildman–Crippen MR) is 184 cm³/mol. The number of hydrogen-bond donors (Lipinski definition) is 6. The second-order valence-corrected chi connectivity index (χ2v) is 14.5. The van der Waals surface area contributed by atoms with E-state index in [1.807, 2.05) is 4.90 Å². The highest BCUT2D eigenvalue weighted by Crippen LogP contribution is 2.48. The average molecular weight is 708 g/mol. The van der Waals surface area contributed by atoms with E-state index >= 15 is 0 Å². The summed E-state index contributed by atoms with van der Waals surface area (Å²) >= 11 is 0. The van der Waals surface area contributed by atoms with Crippen LogP contribution >= 0.6 is 0 Å². The highest BCUT2D eigenvalue weighted by atomic mass is 32.2. The lowest BCUT2D eigenvalue weighted by Gasteiger charge is -2.56. The van der Waals surface area contributed by atoms with Crippen molar-refractivity contribution in [3.8, 4) is 0 Å². The predicted octanol–water partition coefficient (Wildman–Crippen LogP) is -0.181. The number of rotatable bonds is 13. The Morgan fingerprint density at radius 1 is 1.02 bits per heavy atom. The first-order valence-corrected chi connectivity index (χ1v) is 18.1. The molecule has 0 radical (unpaired) electrons. The number of nitrogens with zero attached hydrogens (tertiary/aromatic N) is 4. The Morgan fingerprint density at radius 3 is 2.50 bits per heavy atom. The number of amides is 2. The van der Waals surface area contributed by atoms with Crippen molar-refractivity contribution in [3.63, 3.8) is 0 Å². The van der Waals surface area contributed by atoms with Gasteiger partial charge in [0.15, 0.2) is 0 Å². The number of aliphatic carboxylic acids is 1. The molecule has 2 amide bonds. The number of guanidine groups is 2. The zero-order valence-corrected chi connectivity index (χ0v) is 28.2. The van der Waals surface area contributed by atoms with Crippen molar-refractivity contribution in [2.24, 2.45) is 15.9 Å². The highest BCUT2D eigenvalue weighted by Gasteiger charge is 2.58. The molecule has 16 nitrogen and oxygen atoms in total. The van der Waals surface area contributed by atoms with Crippen LogP contribution in [0.5, 0.6) is 0 Å². The molecule has 2 saturated heterocycles. The fourth-order valence-electron chi connectivity index (χ4n) is 7.14. The minimum atomic E-state index is -4.07. The summed E-state index contributed by atoms with van der Waals surface area (Å²) < 4.78 is 29.0. The van der Waals surface area contributed by atoms with Gasteiger partial charge in [-0.3, -0.25) is 29.3 Å². The van der Waals surface area contributed by atoms with Crippen LogP contribution in [0.25, 0.3) is 0 Å². The van der Waals surface area contributed by atoms with Gasteiger partial charge in [-0.2, -0.15) is 4.31 Å². The second-order valence-electron chi connectivity index (χ2n) is 12.7. The molecule has 1 aliphatic carbocycles. The second kappa shape index (κ2) is 14.9. The van der Waals surface area contributed by atoms with Gasteiger partial charge >= 0.3 is 5.97 Å². The Kier molecular flexibility index (Phi) is 10.4. The molecule has 2 aromatic rings. The number of benzene rings is 2. The summed E-state index contributed by atoms with van der Waals surface area (Å²) in [6, 6.07) is 12.9. The number of aldehydes is 1.